The summed E-state index contributed by atoms with van der Waals surface area (Å²) in [4.78, 5) is 23.4. The molecule has 1 aliphatic carbocycles. The number of hydrogen-bond acceptors (Lipinski definition) is 11. The molecule has 1 rings (SSSR count). The van der Waals surface area contributed by atoms with E-state index >= 15 is 0 Å². The van der Waals surface area contributed by atoms with Gasteiger partial charge in [0.15, 0.2) is 0 Å². The SMILES string of the molecule is CC/C=C\C/C=C\CCCCCCCCCCCCCCC(O)CC(=O)NC(COP(=O)(O)OC1C(O)C(O)C(O)C(O)C1O)C(O)/C=C/CC/C=C/CC/C=C/CCCCC. The van der Waals surface area contributed by atoms with Crippen molar-refractivity contribution in [3.8, 4) is 0 Å². The number of amides is 1. The molecule has 0 aromatic rings. The summed E-state index contributed by atoms with van der Waals surface area (Å²) in [7, 11) is -5.15. The van der Waals surface area contributed by atoms with Crippen molar-refractivity contribution in [2.75, 3.05) is 6.61 Å². The van der Waals surface area contributed by atoms with Crippen molar-refractivity contribution in [3.05, 3.63) is 60.8 Å². The number of rotatable bonds is 38. The summed E-state index contributed by atoms with van der Waals surface area (Å²) in [6.45, 7) is 3.58. The summed E-state index contributed by atoms with van der Waals surface area (Å²) >= 11 is 0. The Bertz CT molecular complexity index is 1290. The summed E-state index contributed by atoms with van der Waals surface area (Å²) in [6.07, 6.45) is 31.7. The zero-order chi connectivity index (χ0) is 45.9. The number of nitrogens with one attached hydrogen (secondary N) is 1. The summed E-state index contributed by atoms with van der Waals surface area (Å²) in [6, 6.07) is -1.26. The highest BCUT2D eigenvalue weighted by Gasteiger charge is 2.51. The van der Waals surface area contributed by atoms with Crippen LogP contribution in [0.25, 0.3) is 0 Å². The van der Waals surface area contributed by atoms with E-state index in [1.807, 2.05) is 6.08 Å². The van der Waals surface area contributed by atoms with Crippen molar-refractivity contribution in [2.24, 2.45) is 0 Å². The number of hydrogen-bond donors (Lipinski definition) is 9. The molecule has 0 aliphatic heterocycles. The summed E-state index contributed by atoms with van der Waals surface area (Å²) in [5.41, 5.74) is 0. The topological polar surface area (TPSA) is 226 Å². The van der Waals surface area contributed by atoms with E-state index in [1.54, 1.807) is 6.08 Å². The number of phosphoric acid groups is 1. The van der Waals surface area contributed by atoms with E-state index in [0.29, 0.717) is 19.3 Å². The molecule has 0 saturated heterocycles. The lowest BCUT2D eigenvalue weighted by Gasteiger charge is -2.41. The fraction of sp³-hybridized carbons (Fsp3) is 0.771. The van der Waals surface area contributed by atoms with Crippen LogP contribution < -0.4 is 5.32 Å². The zero-order valence-electron chi connectivity index (χ0n) is 38.0. The molecule has 360 valence electrons. The molecule has 13 nitrogen and oxygen atoms in total. The van der Waals surface area contributed by atoms with Gasteiger partial charge in [-0.15, -0.1) is 0 Å². The first kappa shape index (κ1) is 58.0. The number of unbranched alkanes of at least 4 members (excludes halogenated alkanes) is 17. The van der Waals surface area contributed by atoms with Crippen LogP contribution in [0.5, 0.6) is 0 Å². The van der Waals surface area contributed by atoms with Gasteiger partial charge in [-0.25, -0.2) is 4.57 Å². The van der Waals surface area contributed by atoms with E-state index in [-0.39, 0.29) is 6.42 Å². The summed E-state index contributed by atoms with van der Waals surface area (Å²) in [5.74, 6) is -0.611. The monoisotopic (exact) mass is 900 g/mol. The molecule has 1 aliphatic rings. The van der Waals surface area contributed by atoms with Crippen molar-refractivity contribution in [2.45, 2.75) is 229 Å². The van der Waals surface area contributed by atoms with Gasteiger partial charge < -0.3 is 46.0 Å². The van der Waals surface area contributed by atoms with Gasteiger partial charge in [0.05, 0.1) is 31.3 Å². The molecule has 0 bridgehead atoms. The lowest BCUT2D eigenvalue weighted by molar-refractivity contribution is -0.220. The molecule has 14 heteroatoms. The minimum atomic E-state index is -5.15. The first-order chi connectivity index (χ1) is 29.8. The fourth-order valence-corrected chi connectivity index (χ4v) is 8.16. The average molecular weight is 900 g/mol. The third-order valence-corrected chi connectivity index (χ3v) is 12.1. The molecule has 0 heterocycles. The maximum absolute atomic E-state index is 13.0. The third-order valence-electron chi connectivity index (χ3n) is 11.1. The Morgan fingerprint density at radius 1 is 0.597 bits per heavy atom. The molecular weight excluding hydrogens is 813 g/mol. The molecular formula is C48H86NO12P. The second-order valence-corrected chi connectivity index (χ2v) is 18.1. The minimum absolute atomic E-state index is 0.259. The zero-order valence-corrected chi connectivity index (χ0v) is 38.9. The molecule has 0 aromatic heterocycles. The normalized spacial score (nSPS) is 23.6. The molecule has 8 unspecified atom stereocenters. The highest BCUT2D eigenvalue weighted by molar-refractivity contribution is 7.47. The largest absolute Gasteiger partial charge is 0.472 e. The molecule has 0 aromatic carbocycles. The number of aliphatic hydroxyl groups is 7. The Hall–Kier alpha value is -2.00. The van der Waals surface area contributed by atoms with Crippen LogP contribution >= 0.6 is 7.82 Å². The molecule has 0 spiro atoms. The van der Waals surface area contributed by atoms with Crippen LogP contribution in [0.15, 0.2) is 60.8 Å². The van der Waals surface area contributed by atoms with Gasteiger partial charge in [0.25, 0.3) is 0 Å². The molecule has 1 saturated carbocycles. The first-order valence-corrected chi connectivity index (χ1v) is 25.3. The van der Waals surface area contributed by atoms with Crippen LogP contribution in [0.2, 0.25) is 0 Å². The van der Waals surface area contributed by atoms with Gasteiger partial charge in [0, 0.05) is 0 Å². The van der Waals surface area contributed by atoms with Gasteiger partial charge in [-0.05, 0) is 70.6 Å². The van der Waals surface area contributed by atoms with E-state index in [4.69, 9.17) is 9.05 Å². The average Bonchev–Trinajstić information content (AvgIpc) is 3.24. The van der Waals surface area contributed by atoms with Gasteiger partial charge in [-0.1, -0.05) is 158 Å². The van der Waals surface area contributed by atoms with E-state index in [2.05, 4.69) is 61.7 Å². The van der Waals surface area contributed by atoms with Crippen molar-refractivity contribution in [1.82, 2.24) is 5.32 Å². The second kappa shape index (κ2) is 37.2. The number of carbonyl (C=O) groups is 1. The van der Waals surface area contributed by atoms with Gasteiger partial charge >= 0.3 is 7.82 Å². The van der Waals surface area contributed by atoms with Crippen LogP contribution in [0.1, 0.15) is 174 Å². The Morgan fingerprint density at radius 2 is 1.05 bits per heavy atom. The quantitative estimate of drug-likeness (QED) is 0.0163. The molecule has 1 fully saturated rings. The maximum atomic E-state index is 13.0. The number of phosphoric ester groups is 1. The van der Waals surface area contributed by atoms with Crippen molar-refractivity contribution < 1.29 is 59.0 Å². The molecule has 9 N–H and O–H groups in total. The Kier molecular flexibility index (Phi) is 34.9. The van der Waals surface area contributed by atoms with Crippen LogP contribution in [-0.4, -0.2) is 108 Å². The minimum Gasteiger partial charge on any atom is -0.393 e. The van der Waals surface area contributed by atoms with Gasteiger partial charge in [0.2, 0.25) is 5.91 Å². The predicted octanol–water partition coefficient (Wildman–Crippen LogP) is 8.09. The third kappa shape index (κ3) is 28.7. The Labute approximate surface area is 373 Å². The highest BCUT2D eigenvalue weighted by Crippen LogP contribution is 2.47. The van der Waals surface area contributed by atoms with Gasteiger partial charge in [-0.2, -0.15) is 0 Å². The molecule has 62 heavy (non-hydrogen) atoms. The Morgan fingerprint density at radius 3 is 1.60 bits per heavy atom. The summed E-state index contributed by atoms with van der Waals surface area (Å²) < 4.78 is 22.8. The first-order valence-electron chi connectivity index (χ1n) is 23.8. The van der Waals surface area contributed by atoms with Crippen molar-refractivity contribution in [3.63, 3.8) is 0 Å². The van der Waals surface area contributed by atoms with E-state index in [0.717, 1.165) is 57.8 Å². The molecule has 8 atom stereocenters. The maximum Gasteiger partial charge on any atom is 0.472 e. The summed E-state index contributed by atoms with van der Waals surface area (Å²) in [5, 5.41) is 74.4. The van der Waals surface area contributed by atoms with Gasteiger partial charge in [0.1, 0.15) is 36.6 Å². The molecule has 0 radical (unpaired) electrons. The number of carbonyl (C=O) groups excluding carboxylic acids is 1. The standard InChI is InChI=1S/C48H86NO12P/c1-3-5-7-9-11-13-15-17-18-19-20-21-22-24-25-27-29-31-33-35-39(50)37-42(52)49-40(41(51)36-34-32-30-28-26-23-16-14-12-10-8-6-4-2)38-60-62(58,59)61-48-46(56)44(54)43(53)45(55)47(48)57/h5,7,11-14,26,28,34,36,39-41,43-48,50-51,53-57H,3-4,6,8-10,15-25,27,29-33,35,37-38H2,1-2H3,(H,49,52)(H,58,59)/b7-5-,13-11-,14-12+,28-26+,36-34+. The number of aliphatic hydroxyl groups excluding tert-OH is 7. The van der Waals surface area contributed by atoms with Crippen LogP contribution in [0.4, 0.5) is 0 Å². The highest BCUT2D eigenvalue weighted by atomic mass is 31.2. The molecule has 1 amide bonds. The lowest BCUT2D eigenvalue weighted by atomic mass is 9.85. The van der Waals surface area contributed by atoms with E-state index in [9.17, 15) is 50.0 Å². The van der Waals surface area contributed by atoms with E-state index < -0.39 is 75.2 Å². The van der Waals surface area contributed by atoms with Crippen LogP contribution in [-0.2, 0) is 18.4 Å². The smallest absolute Gasteiger partial charge is 0.393 e. The van der Waals surface area contributed by atoms with Crippen molar-refractivity contribution in [1.29, 1.82) is 0 Å². The number of allylic oxidation sites excluding steroid dienone is 9. The van der Waals surface area contributed by atoms with Gasteiger partial charge in [-0.3, -0.25) is 13.8 Å². The fourth-order valence-electron chi connectivity index (χ4n) is 7.19. The second-order valence-electron chi connectivity index (χ2n) is 16.7. The van der Waals surface area contributed by atoms with Crippen molar-refractivity contribution >= 4 is 13.7 Å². The lowest BCUT2D eigenvalue weighted by Crippen LogP contribution is -2.64. The van der Waals surface area contributed by atoms with Crippen LogP contribution in [0, 0.1) is 0 Å². The van der Waals surface area contributed by atoms with E-state index in [1.165, 1.54) is 83.1 Å². The predicted molar refractivity (Wildman–Crippen MR) is 247 cm³/mol. The Balaban J connectivity index is 2.52. The van der Waals surface area contributed by atoms with Crippen LogP contribution in [0.3, 0.4) is 0 Å².